The van der Waals surface area contributed by atoms with Gasteiger partial charge in [-0.25, -0.2) is 4.39 Å². The summed E-state index contributed by atoms with van der Waals surface area (Å²) in [6.45, 7) is 1.81. The lowest BCUT2D eigenvalue weighted by molar-refractivity contribution is -0.115. The van der Waals surface area contributed by atoms with Gasteiger partial charge in [0.2, 0.25) is 5.91 Å². The maximum Gasteiger partial charge on any atom is 0.237 e. The maximum absolute atomic E-state index is 13.1. The number of amides is 1. The van der Waals surface area contributed by atoms with Crippen molar-refractivity contribution in [2.24, 2.45) is 0 Å². The second kappa shape index (κ2) is 7.13. The lowest BCUT2D eigenvalue weighted by atomic mass is 10.3. The number of benzene rings is 2. The van der Waals surface area contributed by atoms with Crippen molar-refractivity contribution >= 4 is 23.4 Å². The van der Waals surface area contributed by atoms with E-state index in [1.807, 2.05) is 31.2 Å². The molecule has 0 saturated carbocycles. The summed E-state index contributed by atoms with van der Waals surface area (Å²) in [5, 5.41) is 2.41. The highest BCUT2D eigenvalue weighted by molar-refractivity contribution is 8.00. The molecule has 0 saturated heterocycles. The van der Waals surface area contributed by atoms with Gasteiger partial charge in [-0.3, -0.25) is 4.79 Å². The minimum Gasteiger partial charge on any atom is -0.497 e. The Balaban J connectivity index is 1.95. The van der Waals surface area contributed by atoms with E-state index in [0.717, 1.165) is 10.6 Å². The van der Waals surface area contributed by atoms with Crippen LogP contribution in [0.4, 0.5) is 10.1 Å². The van der Waals surface area contributed by atoms with Crippen LogP contribution in [0.5, 0.6) is 5.75 Å². The van der Waals surface area contributed by atoms with Crippen LogP contribution in [0.15, 0.2) is 53.4 Å². The number of hydrogen-bond donors (Lipinski definition) is 1. The average Bonchev–Trinajstić information content (AvgIpc) is 2.48. The van der Waals surface area contributed by atoms with Gasteiger partial charge in [-0.05, 0) is 49.4 Å². The molecule has 0 unspecified atom stereocenters. The first-order valence-corrected chi connectivity index (χ1v) is 7.33. The molecule has 0 bridgehead atoms. The number of halogens is 1. The van der Waals surface area contributed by atoms with Crippen LogP contribution in [-0.2, 0) is 4.79 Å². The fourth-order valence-electron chi connectivity index (χ4n) is 1.72. The predicted octanol–water partition coefficient (Wildman–Crippen LogP) is 3.95. The monoisotopic (exact) mass is 305 g/mol. The smallest absolute Gasteiger partial charge is 0.237 e. The van der Waals surface area contributed by atoms with Gasteiger partial charge in [0, 0.05) is 10.6 Å². The zero-order valence-corrected chi connectivity index (χ0v) is 12.6. The summed E-state index contributed by atoms with van der Waals surface area (Å²) in [5.41, 5.74) is 0.460. The van der Waals surface area contributed by atoms with Crippen molar-refractivity contribution in [1.82, 2.24) is 0 Å². The summed E-state index contributed by atoms with van der Waals surface area (Å²) in [5.74, 6) is 0.237. The van der Waals surface area contributed by atoms with E-state index in [4.69, 9.17) is 4.74 Å². The topological polar surface area (TPSA) is 38.3 Å². The maximum atomic E-state index is 13.1. The van der Waals surface area contributed by atoms with Gasteiger partial charge in [-0.1, -0.05) is 6.07 Å². The number of thioether (sulfide) groups is 1. The fourth-order valence-corrected chi connectivity index (χ4v) is 2.59. The van der Waals surface area contributed by atoms with E-state index >= 15 is 0 Å². The van der Waals surface area contributed by atoms with Crippen molar-refractivity contribution in [3.05, 3.63) is 54.3 Å². The molecule has 1 atom stereocenters. The molecule has 1 N–H and O–H groups in total. The predicted molar refractivity (Wildman–Crippen MR) is 83.3 cm³/mol. The minimum atomic E-state index is -0.372. The standard InChI is InChI=1S/C16H16FNO2S/c1-11(21-15-8-6-14(20-2)7-9-15)16(19)18-13-5-3-4-12(17)10-13/h3-11H,1-2H3,(H,18,19)/t11-/m1/s1. The molecule has 2 aromatic rings. The van der Waals surface area contributed by atoms with Crippen molar-refractivity contribution in [1.29, 1.82) is 0 Å². The largest absolute Gasteiger partial charge is 0.497 e. The average molecular weight is 305 g/mol. The van der Waals surface area contributed by atoms with Gasteiger partial charge in [0.15, 0.2) is 0 Å². The number of hydrogen-bond acceptors (Lipinski definition) is 3. The Labute approximate surface area is 127 Å². The Morgan fingerprint density at radius 1 is 1.24 bits per heavy atom. The molecule has 1 amide bonds. The number of methoxy groups -OCH3 is 1. The molecule has 5 heteroatoms. The highest BCUT2D eigenvalue weighted by atomic mass is 32.2. The third-order valence-electron chi connectivity index (χ3n) is 2.83. The van der Waals surface area contributed by atoms with Crippen LogP contribution in [0, 0.1) is 5.82 Å². The molecule has 2 rings (SSSR count). The van der Waals surface area contributed by atoms with E-state index in [1.165, 1.54) is 23.9 Å². The highest BCUT2D eigenvalue weighted by Gasteiger charge is 2.14. The van der Waals surface area contributed by atoms with Crippen LogP contribution >= 0.6 is 11.8 Å². The third kappa shape index (κ3) is 4.49. The molecule has 0 spiro atoms. The number of anilines is 1. The summed E-state index contributed by atoms with van der Waals surface area (Å²) < 4.78 is 18.2. The van der Waals surface area contributed by atoms with Gasteiger partial charge in [0.05, 0.1) is 12.4 Å². The van der Waals surface area contributed by atoms with E-state index in [9.17, 15) is 9.18 Å². The summed E-state index contributed by atoms with van der Waals surface area (Å²) in [6, 6.07) is 13.3. The van der Waals surface area contributed by atoms with Gasteiger partial charge in [0.1, 0.15) is 11.6 Å². The number of carbonyl (C=O) groups is 1. The Morgan fingerprint density at radius 2 is 1.95 bits per heavy atom. The van der Waals surface area contributed by atoms with E-state index in [2.05, 4.69) is 5.32 Å². The molecule has 2 aromatic carbocycles. The molecular formula is C16H16FNO2S. The number of ether oxygens (including phenoxy) is 1. The second-order valence-corrected chi connectivity index (χ2v) is 5.85. The van der Waals surface area contributed by atoms with Crippen LogP contribution in [0.3, 0.4) is 0 Å². The molecule has 21 heavy (non-hydrogen) atoms. The van der Waals surface area contributed by atoms with Crippen molar-refractivity contribution in [3.8, 4) is 5.75 Å². The molecule has 0 fully saturated rings. The van der Waals surface area contributed by atoms with Crippen LogP contribution < -0.4 is 10.1 Å². The lowest BCUT2D eigenvalue weighted by Crippen LogP contribution is -2.22. The van der Waals surface area contributed by atoms with E-state index < -0.39 is 0 Å². The molecule has 0 aromatic heterocycles. The fraction of sp³-hybridized carbons (Fsp3) is 0.188. The lowest BCUT2D eigenvalue weighted by Gasteiger charge is -2.12. The molecule has 0 heterocycles. The van der Waals surface area contributed by atoms with Gasteiger partial charge < -0.3 is 10.1 Å². The van der Waals surface area contributed by atoms with Crippen LogP contribution in [-0.4, -0.2) is 18.3 Å². The van der Waals surface area contributed by atoms with E-state index in [0.29, 0.717) is 5.69 Å². The first-order chi connectivity index (χ1) is 10.1. The zero-order valence-electron chi connectivity index (χ0n) is 11.8. The molecule has 0 aliphatic carbocycles. The molecule has 0 radical (unpaired) electrons. The Morgan fingerprint density at radius 3 is 2.57 bits per heavy atom. The summed E-state index contributed by atoms with van der Waals surface area (Å²) in [4.78, 5) is 13.0. The van der Waals surface area contributed by atoms with Gasteiger partial charge in [-0.2, -0.15) is 0 Å². The molecular weight excluding hydrogens is 289 g/mol. The molecule has 110 valence electrons. The zero-order chi connectivity index (χ0) is 15.2. The molecule has 3 nitrogen and oxygen atoms in total. The highest BCUT2D eigenvalue weighted by Crippen LogP contribution is 2.26. The first kappa shape index (κ1) is 15.4. The summed E-state index contributed by atoms with van der Waals surface area (Å²) in [7, 11) is 1.61. The number of nitrogens with one attached hydrogen (secondary N) is 1. The Hall–Kier alpha value is -2.01. The van der Waals surface area contributed by atoms with Crippen LogP contribution in [0.2, 0.25) is 0 Å². The van der Waals surface area contributed by atoms with Crippen molar-refractivity contribution in [2.45, 2.75) is 17.1 Å². The van der Waals surface area contributed by atoms with Crippen molar-refractivity contribution < 1.29 is 13.9 Å². The second-order valence-electron chi connectivity index (χ2n) is 4.44. The summed E-state index contributed by atoms with van der Waals surface area (Å²) in [6.07, 6.45) is 0. The van der Waals surface area contributed by atoms with Crippen molar-refractivity contribution in [2.75, 3.05) is 12.4 Å². The Bertz CT molecular complexity index is 616. The van der Waals surface area contributed by atoms with Crippen LogP contribution in [0.25, 0.3) is 0 Å². The van der Waals surface area contributed by atoms with Gasteiger partial charge >= 0.3 is 0 Å². The van der Waals surface area contributed by atoms with E-state index in [1.54, 1.807) is 19.2 Å². The SMILES string of the molecule is COc1ccc(S[C@H](C)C(=O)Nc2cccc(F)c2)cc1. The minimum absolute atomic E-state index is 0.165. The van der Waals surface area contributed by atoms with Crippen LogP contribution in [0.1, 0.15) is 6.92 Å². The number of carbonyl (C=O) groups excluding carboxylic acids is 1. The molecule has 0 aliphatic heterocycles. The number of rotatable bonds is 5. The molecule has 0 aliphatic rings. The summed E-state index contributed by atoms with van der Waals surface area (Å²) >= 11 is 1.43. The normalized spacial score (nSPS) is 11.8. The third-order valence-corrected chi connectivity index (χ3v) is 3.95. The first-order valence-electron chi connectivity index (χ1n) is 6.45. The van der Waals surface area contributed by atoms with Gasteiger partial charge in [-0.15, -0.1) is 11.8 Å². The quantitative estimate of drug-likeness (QED) is 0.850. The van der Waals surface area contributed by atoms with Crippen molar-refractivity contribution in [3.63, 3.8) is 0 Å². The van der Waals surface area contributed by atoms with Gasteiger partial charge in [0.25, 0.3) is 0 Å². The van der Waals surface area contributed by atoms with E-state index in [-0.39, 0.29) is 17.0 Å². The Kier molecular flexibility index (Phi) is 5.22.